The van der Waals surface area contributed by atoms with Gasteiger partial charge < -0.3 is 19.2 Å². The second kappa shape index (κ2) is 9.42. The zero-order valence-electron chi connectivity index (χ0n) is 17.5. The van der Waals surface area contributed by atoms with Crippen LogP contribution in [0, 0.1) is 5.92 Å². The van der Waals surface area contributed by atoms with Gasteiger partial charge in [0.25, 0.3) is 0 Å². The lowest BCUT2D eigenvalue weighted by Gasteiger charge is -2.37. The van der Waals surface area contributed by atoms with E-state index in [1.165, 1.54) is 0 Å². The number of methoxy groups -OCH3 is 1. The van der Waals surface area contributed by atoms with Gasteiger partial charge in [-0.15, -0.1) is 0 Å². The van der Waals surface area contributed by atoms with Gasteiger partial charge in [-0.1, -0.05) is 27.7 Å². The van der Waals surface area contributed by atoms with Crippen LogP contribution in [0.25, 0.3) is 0 Å². The Morgan fingerprint density at radius 1 is 1.19 bits per heavy atom. The maximum Gasteiger partial charge on any atom is 0.328 e. The number of hydrogen-bond donors (Lipinski definition) is 1. The number of nitrogens with one attached hydrogen (secondary N) is 1. The monoisotopic (exact) mass is 381 g/mol. The first kappa shape index (κ1) is 22.5. The minimum atomic E-state index is -1.87. The fourth-order valence-electron chi connectivity index (χ4n) is 2.18. The second-order valence-electron chi connectivity index (χ2n) is 8.15. The van der Waals surface area contributed by atoms with E-state index in [1.54, 1.807) is 7.11 Å². The number of anilines is 1. The lowest BCUT2D eigenvalue weighted by Crippen LogP contribution is -2.45. The molecule has 1 aromatic carbocycles. The molecule has 26 heavy (non-hydrogen) atoms. The zero-order valence-corrected chi connectivity index (χ0v) is 18.5. The van der Waals surface area contributed by atoms with Crippen LogP contribution in [0.15, 0.2) is 24.3 Å². The Morgan fingerprint density at radius 3 is 2.23 bits per heavy atom. The smallest absolute Gasteiger partial charge is 0.328 e. The number of rotatable bonds is 9. The van der Waals surface area contributed by atoms with Gasteiger partial charge in [0.2, 0.25) is 0 Å². The molecule has 1 rings (SSSR count). The molecule has 0 aliphatic heterocycles. The maximum atomic E-state index is 12.5. The normalized spacial score (nSPS) is 14.5. The SMILES string of the molecule is CCOC(=O)[C@@H](Nc1ccc(OC)cc1)[C@@H](C)CO[Si](C)(C)C(C)(C)C. The first-order valence-corrected chi connectivity index (χ1v) is 12.1. The van der Waals surface area contributed by atoms with Crippen LogP contribution < -0.4 is 10.1 Å². The van der Waals surface area contributed by atoms with Gasteiger partial charge in [-0.25, -0.2) is 4.79 Å². The van der Waals surface area contributed by atoms with Crippen molar-refractivity contribution in [2.24, 2.45) is 5.92 Å². The van der Waals surface area contributed by atoms with E-state index in [2.05, 4.69) is 39.2 Å². The molecule has 0 spiro atoms. The molecule has 0 aliphatic rings. The topological polar surface area (TPSA) is 56.8 Å². The number of hydrogen-bond acceptors (Lipinski definition) is 5. The molecule has 0 saturated heterocycles. The highest BCUT2D eigenvalue weighted by Gasteiger charge is 2.38. The largest absolute Gasteiger partial charge is 0.497 e. The molecule has 0 heterocycles. The van der Waals surface area contributed by atoms with Crippen LogP contribution in [-0.4, -0.2) is 40.7 Å². The number of esters is 1. The predicted octanol–water partition coefficient (Wildman–Crippen LogP) is 4.70. The summed E-state index contributed by atoms with van der Waals surface area (Å²) in [5.41, 5.74) is 0.850. The highest BCUT2D eigenvalue weighted by Crippen LogP contribution is 2.37. The van der Waals surface area contributed by atoms with Gasteiger partial charge in [0, 0.05) is 18.2 Å². The quantitative estimate of drug-likeness (QED) is 0.496. The Morgan fingerprint density at radius 2 is 1.77 bits per heavy atom. The van der Waals surface area contributed by atoms with Gasteiger partial charge in [-0.05, 0) is 49.3 Å². The van der Waals surface area contributed by atoms with Gasteiger partial charge in [0.1, 0.15) is 11.8 Å². The number of benzene rings is 1. The van der Waals surface area contributed by atoms with Gasteiger partial charge in [-0.2, -0.15) is 0 Å². The molecule has 1 aromatic rings. The summed E-state index contributed by atoms with van der Waals surface area (Å²) < 4.78 is 16.8. The van der Waals surface area contributed by atoms with Crippen LogP contribution in [0.4, 0.5) is 5.69 Å². The third-order valence-corrected chi connectivity index (χ3v) is 9.54. The predicted molar refractivity (Wildman–Crippen MR) is 109 cm³/mol. The summed E-state index contributed by atoms with van der Waals surface area (Å²) in [7, 11) is -0.239. The van der Waals surface area contributed by atoms with Crippen LogP contribution >= 0.6 is 0 Å². The van der Waals surface area contributed by atoms with E-state index in [0.29, 0.717) is 13.2 Å². The molecule has 6 heteroatoms. The summed E-state index contributed by atoms with van der Waals surface area (Å²) in [5, 5.41) is 3.43. The Labute approximate surface area is 159 Å². The van der Waals surface area contributed by atoms with Crippen LogP contribution in [0.1, 0.15) is 34.6 Å². The highest BCUT2D eigenvalue weighted by molar-refractivity contribution is 6.74. The first-order valence-electron chi connectivity index (χ1n) is 9.23. The third-order valence-electron chi connectivity index (χ3n) is 5.04. The van der Waals surface area contributed by atoms with Crippen LogP contribution in [0.5, 0.6) is 5.75 Å². The Balaban J connectivity index is 2.86. The van der Waals surface area contributed by atoms with Crippen LogP contribution in [0.3, 0.4) is 0 Å². The number of ether oxygens (including phenoxy) is 2. The number of carbonyl (C=O) groups is 1. The molecular weight excluding hydrogens is 346 g/mol. The van der Waals surface area contributed by atoms with E-state index >= 15 is 0 Å². The van der Waals surface area contributed by atoms with Crippen molar-refractivity contribution in [1.82, 2.24) is 0 Å². The fourth-order valence-corrected chi connectivity index (χ4v) is 3.30. The van der Waals surface area contributed by atoms with Crippen LogP contribution in [-0.2, 0) is 14.0 Å². The molecule has 0 radical (unpaired) electrons. The molecule has 0 fully saturated rings. The summed E-state index contributed by atoms with van der Waals surface area (Å²) >= 11 is 0. The van der Waals surface area contributed by atoms with Crippen molar-refractivity contribution >= 4 is 20.0 Å². The van der Waals surface area contributed by atoms with Gasteiger partial charge >= 0.3 is 5.97 Å². The maximum absolute atomic E-state index is 12.5. The minimum absolute atomic E-state index is 0.0229. The van der Waals surface area contributed by atoms with E-state index in [4.69, 9.17) is 13.9 Å². The minimum Gasteiger partial charge on any atom is -0.497 e. The molecule has 5 nitrogen and oxygen atoms in total. The van der Waals surface area contributed by atoms with Crippen molar-refractivity contribution < 1.29 is 18.7 Å². The fraction of sp³-hybridized carbons (Fsp3) is 0.650. The van der Waals surface area contributed by atoms with E-state index in [-0.39, 0.29) is 16.9 Å². The zero-order chi connectivity index (χ0) is 20.0. The molecule has 0 unspecified atom stereocenters. The first-order chi connectivity index (χ1) is 12.0. The molecule has 0 bridgehead atoms. The van der Waals surface area contributed by atoms with E-state index < -0.39 is 14.4 Å². The molecule has 0 saturated carbocycles. The molecular formula is C20H35NO4Si. The van der Waals surface area contributed by atoms with Crippen LogP contribution in [0.2, 0.25) is 18.1 Å². The highest BCUT2D eigenvalue weighted by atomic mass is 28.4. The molecule has 1 N–H and O–H groups in total. The lowest BCUT2D eigenvalue weighted by molar-refractivity contribution is -0.145. The molecule has 148 valence electrons. The summed E-state index contributed by atoms with van der Waals surface area (Å²) in [6.45, 7) is 15.8. The van der Waals surface area contributed by atoms with Crippen molar-refractivity contribution in [3.8, 4) is 5.75 Å². The molecule has 0 amide bonds. The number of carbonyl (C=O) groups excluding carboxylic acids is 1. The van der Waals surface area contributed by atoms with E-state index in [9.17, 15) is 4.79 Å². The van der Waals surface area contributed by atoms with Crippen molar-refractivity contribution in [2.45, 2.75) is 58.8 Å². The van der Waals surface area contributed by atoms with Crippen molar-refractivity contribution in [2.75, 3.05) is 25.6 Å². The molecule has 2 atom stereocenters. The van der Waals surface area contributed by atoms with Gasteiger partial charge in [0.05, 0.1) is 13.7 Å². The van der Waals surface area contributed by atoms with Gasteiger partial charge in [0.15, 0.2) is 8.32 Å². The standard InChI is InChI=1S/C20H35NO4Si/c1-9-24-19(22)18(21-16-10-12-17(23-6)13-11-16)15(2)14-25-26(7,8)20(3,4)5/h10-13,15,18,21H,9,14H2,1-8H3/t15-,18-/m0/s1. The van der Waals surface area contributed by atoms with E-state index in [1.807, 2.05) is 38.1 Å². The lowest BCUT2D eigenvalue weighted by atomic mass is 10.0. The summed E-state index contributed by atoms with van der Waals surface area (Å²) in [4.78, 5) is 12.5. The summed E-state index contributed by atoms with van der Waals surface area (Å²) in [5.74, 6) is 0.498. The average Bonchev–Trinajstić information content (AvgIpc) is 2.57. The molecule has 0 aliphatic carbocycles. The van der Waals surface area contributed by atoms with Gasteiger partial charge in [-0.3, -0.25) is 0 Å². The Bertz CT molecular complexity index is 566. The Kier molecular flexibility index (Phi) is 8.15. The Hall–Kier alpha value is -1.53. The molecule has 0 aromatic heterocycles. The van der Waals surface area contributed by atoms with Crippen molar-refractivity contribution in [1.29, 1.82) is 0 Å². The average molecular weight is 382 g/mol. The van der Waals surface area contributed by atoms with Crippen molar-refractivity contribution in [3.05, 3.63) is 24.3 Å². The third kappa shape index (κ3) is 6.32. The van der Waals surface area contributed by atoms with E-state index in [0.717, 1.165) is 11.4 Å². The van der Waals surface area contributed by atoms with Crippen molar-refractivity contribution in [3.63, 3.8) is 0 Å². The summed E-state index contributed by atoms with van der Waals surface area (Å²) in [6, 6.07) is 7.05. The summed E-state index contributed by atoms with van der Waals surface area (Å²) in [6.07, 6.45) is 0. The second-order valence-corrected chi connectivity index (χ2v) is 13.0.